The minimum Gasteiger partial charge on any atom is -0.353 e. The second-order valence-corrected chi connectivity index (χ2v) is 7.94. The summed E-state index contributed by atoms with van der Waals surface area (Å²) in [5.41, 5.74) is 3.02. The van der Waals surface area contributed by atoms with Crippen LogP contribution in [0.25, 0.3) is 11.0 Å². The highest BCUT2D eigenvalue weighted by Crippen LogP contribution is 2.18. The quantitative estimate of drug-likeness (QED) is 0.366. The summed E-state index contributed by atoms with van der Waals surface area (Å²) in [6, 6.07) is 18.0. The van der Waals surface area contributed by atoms with Crippen molar-refractivity contribution in [3.05, 3.63) is 78.1 Å². The standard InChI is InChI=1S/C26H32N4O2/c1-3-12-25(31)27-18-11-5-8-17-24-28-22-15-9-10-16-23(22)30(24)20-26(32)29(2)19-21-13-6-4-7-14-21/h3-4,6-7,9-10,12-16H,5,8,11,17-20H2,1-2H3,(H,27,31)/b12-3+. The molecule has 0 aliphatic heterocycles. The summed E-state index contributed by atoms with van der Waals surface area (Å²) in [5, 5.41) is 2.88. The Morgan fingerprint density at radius 2 is 1.78 bits per heavy atom. The van der Waals surface area contributed by atoms with Crippen molar-refractivity contribution in [2.24, 2.45) is 0 Å². The second kappa shape index (κ2) is 11.8. The van der Waals surface area contributed by atoms with Crippen LogP contribution in [0, 0.1) is 0 Å². The van der Waals surface area contributed by atoms with Crippen molar-refractivity contribution in [1.29, 1.82) is 0 Å². The number of para-hydroxylation sites is 2. The van der Waals surface area contributed by atoms with Crippen LogP contribution in [-0.4, -0.2) is 39.9 Å². The third kappa shape index (κ3) is 6.54. The Morgan fingerprint density at radius 1 is 1.03 bits per heavy atom. The number of amides is 2. The van der Waals surface area contributed by atoms with Gasteiger partial charge in [-0.2, -0.15) is 0 Å². The SMILES string of the molecule is C/C=C/C(=O)NCCCCCc1nc2ccccc2n1CC(=O)N(C)Cc1ccccc1. The second-order valence-electron chi connectivity index (χ2n) is 7.94. The molecule has 0 saturated carbocycles. The fraction of sp³-hybridized carbons (Fsp3) is 0.346. The van der Waals surface area contributed by atoms with Crippen molar-refractivity contribution in [3.63, 3.8) is 0 Å². The molecule has 6 heteroatoms. The number of hydrogen-bond acceptors (Lipinski definition) is 3. The molecule has 6 nitrogen and oxygen atoms in total. The minimum absolute atomic E-state index is 0.0487. The number of allylic oxidation sites excluding steroid dienone is 1. The van der Waals surface area contributed by atoms with E-state index in [9.17, 15) is 9.59 Å². The monoisotopic (exact) mass is 432 g/mol. The number of nitrogens with zero attached hydrogens (tertiary/aromatic N) is 3. The Labute approximate surface area is 189 Å². The van der Waals surface area contributed by atoms with Crippen molar-refractivity contribution >= 4 is 22.8 Å². The first-order chi connectivity index (χ1) is 15.6. The number of aromatic nitrogens is 2. The van der Waals surface area contributed by atoms with Crippen molar-refractivity contribution in [1.82, 2.24) is 19.8 Å². The lowest BCUT2D eigenvalue weighted by atomic mass is 10.2. The molecule has 0 aliphatic carbocycles. The number of hydrogen-bond donors (Lipinski definition) is 1. The molecule has 3 rings (SSSR count). The fourth-order valence-electron chi connectivity index (χ4n) is 3.70. The van der Waals surface area contributed by atoms with Crippen LogP contribution in [0.1, 0.15) is 37.6 Å². The van der Waals surface area contributed by atoms with E-state index in [1.165, 1.54) is 6.08 Å². The molecule has 2 aromatic carbocycles. The number of likely N-dealkylation sites (N-methyl/N-ethyl adjacent to an activating group) is 1. The Morgan fingerprint density at radius 3 is 2.56 bits per heavy atom. The van der Waals surface area contributed by atoms with Gasteiger partial charge >= 0.3 is 0 Å². The normalized spacial score (nSPS) is 11.2. The maximum absolute atomic E-state index is 13.0. The number of rotatable bonds is 11. The molecule has 0 aliphatic rings. The zero-order valence-corrected chi connectivity index (χ0v) is 19.0. The molecule has 0 unspecified atom stereocenters. The van der Waals surface area contributed by atoms with Crippen LogP contribution in [-0.2, 0) is 29.1 Å². The van der Waals surface area contributed by atoms with Gasteiger partial charge in [0.2, 0.25) is 11.8 Å². The number of imidazole rings is 1. The summed E-state index contributed by atoms with van der Waals surface area (Å²) in [5.74, 6) is 0.947. The predicted molar refractivity (Wildman–Crippen MR) is 128 cm³/mol. The first-order valence-corrected chi connectivity index (χ1v) is 11.2. The Kier molecular flexibility index (Phi) is 8.61. The lowest BCUT2D eigenvalue weighted by Crippen LogP contribution is -2.30. The van der Waals surface area contributed by atoms with Gasteiger partial charge in [-0.05, 0) is 43.5 Å². The smallest absolute Gasteiger partial charge is 0.243 e. The highest BCUT2D eigenvalue weighted by molar-refractivity contribution is 5.87. The molecule has 0 saturated heterocycles. The van der Waals surface area contributed by atoms with E-state index in [4.69, 9.17) is 4.98 Å². The van der Waals surface area contributed by atoms with E-state index < -0.39 is 0 Å². The molecule has 32 heavy (non-hydrogen) atoms. The van der Waals surface area contributed by atoms with Gasteiger partial charge in [-0.25, -0.2) is 4.98 Å². The topological polar surface area (TPSA) is 67.2 Å². The fourth-order valence-corrected chi connectivity index (χ4v) is 3.70. The molecule has 0 fully saturated rings. The van der Waals surface area contributed by atoms with Gasteiger partial charge in [0.05, 0.1) is 11.0 Å². The summed E-state index contributed by atoms with van der Waals surface area (Å²) < 4.78 is 2.05. The third-order valence-corrected chi connectivity index (χ3v) is 5.41. The lowest BCUT2D eigenvalue weighted by molar-refractivity contribution is -0.131. The maximum atomic E-state index is 13.0. The zero-order chi connectivity index (χ0) is 22.8. The number of nitrogens with one attached hydrogen (secondary N) is 1. The first kappa shape index (κ1) is 23.3. The van der Waals surface area contributed by atoms with Gasteiger partial charge in [0.1, 0.15) is 12.4 Å². The van der Waals surface area contributed by atoms with Crippen LogP contribution in [0.5, 0.6) is 0 Å². The van der Waals surface area contributed by atoms with E-state index in [1.807, 2.05) is 73.1 Å². The highest BCUT2D eigenvalue weighted by Gasteiger charge is 2.16. The summed E-state index contributed by atoms with van der Waals surface area (Å²) in [7, 11) is 1.84. The van der Waals surface area contributed by atoms with Gasteiger partial charge in [-0.3, -0.25) is 9.59 Å². The van der Waals surface area contributed by atoms with Gasteiger partial charge < -0.3 is 14.8 Å². The zero-order valence-electron chi connectivity index (χ0n) is 19.0. The van der Waals surface area contributed by atoms with E-state index in [0.717, 1.165) is 48.1 Å². The average Bonchev–Trinajstić information content (AvgIpc) is 3.14. The molecular weight excluding hydrogens is 400 g/mol. The predicted octanol–water partition coefficient (Wildman–Crippen LogP) is 4.10. The van der Waals surface area contributed by atoms with Crippen molar-refractivity contribution in [2.45, 2.75) is 45.7 Å². The van der Waals surface area contributed by atoms with E-state index in [2.05, 4.69) is 5.32 Å². The van der Waals surface area contributed by atoms with Crippen LogP contribution in [0.3, 0.4) is 0 Å². The van der Waals surface area contributed by atoms with Crippen LogP contribution < -0.4 is 5.32 Å². The molecule has 3 aromatic rings. The van der Waals surface area contributed by atoms with Crippen molar-refractivity contribution in [3.8, 4) is 0 Å². The van der Waals surface area contributed by atoms with Crippen molar-refractivity contribution in [2.75, 3.05) is 13.6 Å². The molecule has 0 spiro atoms. The number of carbonyl (C=O) groups excluding carboxylic acids is 2. The number of aryl methyl sites for hydroxylation is 1. The Hall–Kier alpha value is -3.41. The number of carbonyl (C=O) groups is 2. The average molecular weight is 433 g/mol. The molecular formula is C26H32N4O2. The molecule has 1 N–H and O–H groups in total. The minimum atomic E-state index is -0.0487. The molecule has 0 bridgehead atoms. The maximum Gasteiger partial charge on any atom is 0.243 e. The van der Waals surface area contributed by atoms with Gasteiger partial charge in [0.15, 0.2) is 0 Å². The molecule has 2 amide bonds. The number of fused-ring (bicyclic) bond motifs is 1. The van der Waals surface area contributed by atoms with Crippen LogP contribution in [0.2, 0.25) is 0 Å². The number of benzene rings is 2. The van der Waals surface area contributed by atoms with E-state index in [-0.39, 0.29) is 18.4 Å². The largest absolute Gasteiger partial charge is 0.353 e. The molecule has 168 valence electrons. The Bertz CT molecular complexity index is 1060. The molecule has 1 aromatic heterocycles. The number of unbranched alkanes of at least 4 members (excludes halogenated alkanes) is 2. The molecule has 1 heterocycles. The van der Waals surface area contributed by atoms with E-state index in [1.54, 1.807) is 11.0 Å². The summed E-state index contributed by atoms with van der Waals surface area (Å²) in [4.78, 5) is 31.0. The van der Waals surface area contributed by atoms with E-state index >= 15 is 0 Å². The molecule has 0 atom stereocenters. The van der Waals surface area contributed by atoms with Gasteiger partial charge in [-0.15, -0.1) is 0 Å². The van der Waals surface area contributed by atoms with E-state index in [0.29, 0.717) is 13.1 Å². The van der Waals surface area contributed by atoms with Crippen molar-refractivity contribution < 1.29 is 9.59 Å². The van der Waals surface area contributed by atoms with Crippen LogP contribution in [0.15, 0.2) is 66.7 Å². The van der Waals surface area contributed by atoms with Crippen LogP contribution >= 0.6 is 0 Å². The summed E-state index contributed by atoms with van der Waals surface area (Å²) in [6.45, 7) is 3.36. The lowest BCUT2D eigenvalue weighted by Gasteiger charge is -2.19. The third-order valence-electron chi connectivity index (χ3n) is 5.41. The van der Waals surface area contributed by atoms with Gasteiger partial charge in [-0.1, -0.05) is 55.0 Å². The summed E-state index contributed by atoms with van der Waals surface area (Å²) in [6.07, 6.45) is 6.93. The van der Waals surface area contributed by atoms with Gasteiger partial charge in [0, 0.05) is 26.6 Å². The highest BCUT2D eigenvalue weighted by atomic mass is 16.2. The summed E-state index contributed by atoms with van der Waals surface area (Å²) >= 11 is 0. The molecule has 0 radical (unpaired) electrons. The first-order valence-electron chi connectivity index (χ1n) is 11.2. The van der Waals surface area contributed by atoms with Gasteiger partial charge in [0.25, 0.3) is 0 Å². The Balaban J connectivity index is 1.60. The van der Waals surface area contributed by atoms with Crippen LogP contribution in [0.4, 0.5) is 0 Å².